The van der Waals surface area contributed by atoms with Crippen LogP contribution in [0.3, 0.4) is 0 Å². The molecule has 0 spiro atoms. The van der Waals surface area contributed by atoms with E-state index in [1.165, 1.54) is 0 Å². The van der Waals surface area contributed by atoms with Gasteiger partial charge in [0.25, 0.3) is 0 Å². The maximum Gasteiger partial charge on any atom is 0.534 e. The zero-order valence-corrected chi connectivity index (χ0v) is 34.9. The monoisotopic (exact) mass is 872 g/mol. The number of cyclic esters (lactones) is 2. The van der Waals surface area contributed by atoms with Gasteiger partial charge in [0.05, 0.1) is 13.2 Å². The molecule has 6 fully saturated rings. The Balaban J connectivity index is 0.000000177. The fourth-order valence-electron chi connectivity index (χ4n) is 13.4. The predicted octanol–water partition coefficient (Wildman–Crippen LogP) is 9.08. The van der Waals surface area contributed by atoms with Gasteiger partial charge in [0.1, 0.15) is 11.5 Å². The van der Waals surface area contributed by atoms with Gasteiger partial charge in [-0.2, -0.15) is 43.2 Å². The van der Waals surface area contributed by atoms with Gasteiger partial charge >= 0.3 is 43.2 Å². The third-order valence-corrected chi connectivity index (χ3v) is 18.7. The first-order valence-corrected chi connectivity index (χ1v) is 23.3. The smallest absolute Gasteiger partial charge is 0.466 e. The van der Waals surface area contributed by atoms with Crippen LogP contribution in [0.25, 0.3) is 0 Å². The van der Waals surface area contributed by atoms with Gasteiger partial charge < -0.3 is 17.8 Å². The molecule has 8 aliphatic rings. The zero-order valence-electron chi connectivity index (χ0n) is 33.3. The van der Waals surface area contributed by atoms with Gasteiger partial charge in [-0.25, -0.2) is 0 Å². The lowest BCUT2D eigenvalue weighted by molar-refractivity contribution is -0.145. The number of esters is 2. The molecule has 8 rings (SSSR count). The largest absolute Gasteiger partial charge is 0.534 e. The summed E-state index contributed by atoms with van der Waals surface area (Å²) in [6.07, 6.45) is 12.9. The standard InChI is InChI=1S/2C20H27F3O5S/c1-18-10-8-17(24)27-11-12(18)3-4-13-14-5-6-16(19(14,2)9-7-15(13)18)28-29(25,26)20(21,22)23;1-18-9-10-27-17(24)11-12(18)3-4-13-14-5-6-16(19(14,2)8-7-15(13)18)28-29(25,26)20(21,22)23/h2*6,12-15H,3-5,7-11H2,1-2H3/t2*12-,13-,14-,15-,18-,19-/m00/s1. The summed E-state index contributed by atoms with van der Waals surface area (Å²) in [6, 6.07) is 0. The SMILES string of the molecule is C[C@]12CCC(=O)OC[C@@H]1CC[C@@H]1[C@@H]2CC[C@]2(C)C(OS(=O)(=O)C(F)(F)F)=CC[C@@H]12.C[C@]12CCOC(=O)C[C@@H]1CC[C@@H]1[C@@H]2CC[C@]2(C)C(OS(=O)(=O)C(F)(F)F)=CC[C@@H]12. The molecule has 2 heterocycles. The van der Waals surface area contributed by atoms with E-state index in [4.69, 9.17) is 9.47 Å². The summed E-state index contributed by atoms with van der Waals surface area (Å²) in [7, 11) is -11.3. The van der Waals surface area contributed by atoms with Crippen LogP contribution in [0.5, 0.6) is 0 Å². The van der Waals surface area contributed by atoms with Crippen LogP contribution in [0.4, 0.5) is 26.3 Å². The van der Waals surface area contributed by atoms with Crippen molar-refractivity contribution >= 4 is 32.2 Å². The lowest BCUT2D eigenvalue weighted by Gasteiger charge is -2.58. The highest BCUT2D eigenvalue weighted by molar-refractivity contribution is 7.88. The Morgan fingerprint density at radius 1 is 0.603 bits per heavy atom. The van der Waals surface area contributed by atoms with E-state index in [2.05, 4.69) is 22.2 Å². The number of fused-ring (bicyclic) bond motifs is 10. The Hall–Kier alpha value is -2.50. The van der Waals surface area contributed by atoms with Gasteiger partial charge in [0.15, 0.2) is 0 Å². The van der Waals surface area contributed by atoms with E-state index in [1.807, 2.05) is 13.8 Å². The summed E-state index contributed by atoms with van der Waals surface area (Å²) >= 11 is 0. The van der Waals surface area contributed by atoms with Crippen LogP contribution < -0.4 is 0 Å². The first-order chi connectivity index (χ1) is 26.8. The first kappa shape index (κ1) is 43.6. The highest BCUT2D eigenvalue weighted by atomic mass is 32.2. The van der Waals surface area contributed by atoms with Crippen molar-refractivity contribution in [2.24, 2.45) is 69.0 Å². The maximum absolute atomic E-state index is 12.8. The quantitative estimate of drug-likeness (QED) is 0.116. The number of hydrogen-bond donors (Lipinski definition) is 0. The van der Waals surface area contributed by atoms with Crippen LogP contribution in [-0.4, -0.2) is 53.0 Å². The summed E-state index contributed by atoms with van der Waals surface area (Å²) in [5, 5.41) is 0. The number of allylic oxidation sites excluding steroid dienone is 4. The molecule has 0 aromatic heterocycles. The average Bonchev–Trinajstić information content (AvgIpc) is 3.50. The van der Waals surface area contributed by atoms with E-state index in [1.54, 1.807) is 12.2 Å². The molecule has 0 aromatic rings. The predicted molar refractivity (Wildman–Crippen MR) is 195 cm³/mol. The van der Waals surface area contributed by atoms with Crippen molar-refractivity contribution in [3.8, 4) is 0 Å². The number of ether oxygens (including phenoxy) is 2. The Morgan fingerprint density at radius 2 is 1.07 bits per heavy atom. The number of hydrogen-bond acceptors (Lipinski definition) is 10. The van der Waals surface area contributed by atoms with E-state index >= 15 is 0 Å². The molecule has 2 aliphatic heterocycles. The fourth-order valence-corrected chi connectivity index (χ4v) is 14.6. The highest BCUT2D eigenvalue weighted by Gasteiger charge is 2.62. The second-order valence-electron chi connectivity index (χ2n) is 19.2. The van der Waals surface area contributed by atoms with Crippen LogP contribution in [0, 0.1) is 69.0 Å². The topological polar surface area (TPSA) is 139 Å². The van der Waals surface area contributed by atoms with E-state index < -0.39 is 42.1 Å². The van der Waals surface area contributed by atoms with Crippen molar-refractivity contribution in [3.05, 3.63) is 23.7 Å². The molecule has 12 atom stereocenters. The van der Waals surface area contributed by atoms with Gasteiger partial charge in [0, 0.05) is 23.7 Å². The molecule has 58 heavy (non-hydrogen) atoms. The molecular weight excluding hydrogens is 819 g/mol. The van der Waals surface area contributed by atoms with Crippen LogP contribution in [0.15, 0.2) is 23.7 Å². The lowest BCUT2D eigenvalue weighted by atomic mass is 9.46. The molecule has 0 bridgehead atoms. The van der Waals surface area contributed by atoms with E-state index in [0.29, 0.717) is 69.5 Å². The van der Waals surface area contributed by atoms with Gasteiger partial charge in [-0.3, -0.25) is 9.59 Å². The third-order valence-electron chi connectivity index (χ3n) is 16.7. The molecule has 0 radical (unpaired) electrons. The molecule has 0 N–H and O–H groups in total. The number of carbonyl (C=O) groups is 2. The van der Waals surface area contributed by atoms with E-state index in [9.17, 15) is 52.8 Å². The van der Waals surface area contributed by atoms with Crippen molar-refractivity contribution in [1.29, 1.82) is 0 Å². The Bertz CT molecular complexity index is 1850. The van der Waals surface area contributed by atoms with Gasteiger partial charge in [-0.1, -0.05) is 27.7 Å². The number of halogens is 6. The fraction of sp³-hybridized carbons (Fsp3) is 0.850. The normalized spacial score (nSPS) is 42.7. The minimum atomic E-state index is -5.66. The van der Waals surface area contributed by atoms with Crippen LogP contribution in [0.1, 0.15) is 118 Å². The molecule has 0 unspecified atom stereocenters. The van der Waals surface area contributed by atoms with Gasteiger partial charge in [0.2, 0.25) is 0 Å². The highest BCUT2D eigenvalue weighted by Crippen LogP contribution is 2.67. The zero-order chi connectivity index (χ0) is 42.5. The van der Waals surface area contributed by atoms with Crippen LogP contribution in [-0.2, 0) is 47.7 Å². The molecule has 6 aliphatic carbocycles. The Kier molecular flexibility index (Phi) is 10.9. The van der Waals surface area contributed by atoms with Gasteiger partial charge in [-0.05, 0) is 147 Å². The molecule has 0 amide bonds. The third kappa shape index (κ3) is 7.16. The molecule has 2 saturated heterocycles. The molecule has 18 heteroatoms. The van der Waals surface area contributed by atoms with Crippen molar-refractivity contribution in [2.45, 2.75) is 129 Å². The van der Waals surface area contributed by atoms with Crippen LogP contribution in [0.2, 0.25) is 0 Å². The molecule has 328 valence electrons. The van der Waals surface area contributed by atoms with Crippen molar-refractivity contribution < 1.29 is 70.6 Å². The molecule has 10 nitrogen and oxygen atoms in total. The number of rotatable bonds is 4. The van der Waals surface area contributed by atoms with Crippen molar-refractivity contribution in [2.75, 3.05) is 13.2 Å². The van der Waals surface area contributed by atoms with E-state index in [0.717, 1.165) is 51.4 Å². The summed E-state index contributed by atoms with van der Waals surface area (Å²) in [5.74, 6) is 1.50. The van der Waals surface area contributed by atoms with Crippen molar-refractivity contribution in [3.63, 3.8) is 0 Å². The first-order valence-electron chi connectivity index (χ1n) is 20.5. The van der Waals surface area contributed by atoms with E-state index in [-0.39, 0.29) is 63.9 Å². The minimum Gasteiger partial charge on any atom is -0.466 e. The van der Waals surface area contributed by atoms with Gasteiger partial charge in [-0.15, -0.1) is 0 Å². The molecule has 0 aromatic carbocycles. The number of alkyl halides is 6. The van der Waals surface area contributed by atoms with Crippen molar-refractivity contribution in [1.82, 2.24) is 0 Å². The molecular formula is C40H54F6O10S2. The minimum absolute atomic E-state index is 0.0436. The Labute approximate surface area is 336 Å². The molecule has 4 saturated carbocycles. The summed E-state index contributed by atoms with van der Waals surface area (Å²) in [6.45, 7) is 8.99. The average molecular weight is 873 g/mol. The Morgan fingerprint density at radius 3 is 1.55 bits per heavy atom. The lowest BCUT2D eigenvalue weighted by Crippen LogP contribution is -2.52. The maximum atomic E-state index is 12.8. The second-order valence-corrected chi connectivity index (χ2v) is 22.2. The summed E-state index contributed by atoms with van der Waals surface area (Å²) in [5.41, 5.74) is -12.4. The second kappa shape index (κ2) is 14.6. The number of carbonyl (C=O) groups excluding carboxylic acids is 2. The summed E-state index contributed by atoms with van der Waals surface area (Å²) < 4.78 is 143. The van der Waals surface area contributed by atoms with Crippen LogP contribution >= 0.6 is 0 Å². The summed E-state index contributed by atoms with van der Waals surface area (Å²) in [4.78, 5) is 23.8.